The van der Waals surface area contributed by atoms with E-state index in [9.17, 15) is 4.79 Å². The van der Waals surface area contributed by atoms with E-state index in [1.165, 1.54) is 17.5 Å². The molecule has 0 aromatic carbocycles. The maximum absolute atomic E-state index is 12.9. The van der Waals surface area contributed by atoms with E-state index in [1.807, 2.05) is 36.9 Å². The lowest BCUT2D eigenvalue weighted by Crippen LogP contribution is -2.47. The van der Waals surface area contributed by atoms with Crippen molar-refractivity contribution >= 4 is 5.91 Å². The van der Waals surface area contributed by atoms with Gasteiger partial charge in [-0.3, -0.25) is 19.7 Å². The molecule has 2 aromatic heterocycles. The summed E-state index contributed by atoms with van der Waals surface area (Å²) >= 11 is 0. The van der Waals surface area contributed by atoms with Crippen LogP contribution in [0.2, 0.25) is 0 Å². The second-order valence-electron chi connectivity index (χ2n) is 8.61. The third-order valence-corrected chi connectivity index (χ3v) is 6.45. The molecular formula is C24H32N4O. The van der Waals surface area contributed by atoms with E-state index in [-0.39, 0.29) is 18.0 Å². The summed E-state index contributed by atoms with van der Waals surface area (Å²) in [5, 5.41) is 3.40. The number of fused-ring (bicyclic) bond motifs is 2. The first-order chi connectivity index (χ1) is 14.3. The van der Waals surface area contributed by atoms with Crippen LogP contribution in [0.1, 0.15) is 49.7 Å². The van der Waals surface area contributed by atoms with E-state index >= 15 is 0 Å². The Labute approximate surface area is 173 Å². The van der Waals surface area contributed by atoms with Gasteiger partial charge in [0.15, 0.2) is 0 Å². The number of nitrogens with zero attached hydrogens (tertiary/aromatic N) is 3. The lowest BCUT2D eigenvalue weighted by atomic mass is 9.97. The van der Waals surface area contributed by atoms with E-state index in [2.05, 4.69) is 32.3 Å². The highest BCUT2D eigenvalue weighted by Gasteiger charge is 2.41. The third-order valence-electron chi connectivity index (χ3n) is 6.45. The molecule has 2 fully saturated rings. The van der Waals surface area contributed by atoms with Crippen molar-refractivity contribution in [2.24, 2.45) is 5.92 Å². The number of hydrogen-bond donors (Lipinski definition) is 1. The van der Waals surface area contributed by atoms with Crippen LogP contribution in [0.25, 0.3) is 0 Å². The maximum atomic E-state index is 12.9. The number of amides is 1. The molecule has 3 atom stereocenters. The van der Waals surface area contributed by atoms with Crippen LogP contribution in [0.5, 0.6) is 0 Å². The highest BCUT2D eigenvalue weighted by Crippen LogP contribution is 2.32. The minimum Gasteiger partial charge on any atom is -0.352 e. The number of rotatable bonds is 10. The smallest absolute Gasteiger partial charge is 0.237 e. The summed E-state index contributed by atoms with van der Waals surface area (Å²) in [4.78, 5) is 23.7. The van der Waals surface area contributed by atoms with Crippen LogP contribution in [0.3, 0.4) is 0 Å². The fraction of sp³-hybridized carbons (Fsp3) is 0.542. The molecule has 2 aliphatic heterocycles. The number of carbonyl (C=O) groups excluding carboxylic acids is 1. The van der Waals surface area contributed by atoms with Crippen LogP contribution in [-0.4, -0.2) is 45.9 Å². The van der Waals surface area contributed by atoms with Gasteiger partial charge in [0.2, 0.25) is 5.91 Å². The predicted molar refractivity (Wildman–Crippen MR) is 114 cm³/mol. The maximum Gasteiger partial charge on any atom is 0.237 e. The Balaban J connectivity index is 1.29. The van der Waals surface area contributed by atoms with Gasteiger partial charge in [0, 0.05) is 37.4 Å². The van der Waals surface area contributed by atoms with Crippen LogP contribution < -0.4 is 5.32 Å². The molecule has 2 saturated heterocycles. The van der Waals surface area contributed by atoms with Crippen molar-refractivity contribution in [3.8, 4) is 0 Å². The molecule has 3 unspecified atom stereocenters. The minimum absolute atomic E-state index is 0.105. The molecule has 4 heterocycles. The second-order valence-corrected chi connectivity index (χ2v) is 8.61. The standard InChI is InChI=1S/C24H32N4O/c29-24(23-15-21-11-14-28(23)18-21)27-22(9-1-5-19-7-3-12-25-16-19)10-2-6-20-8-4-13-26-17-20/h3-4,7-8,12-13,16-17,21-23H,1-2,5-6,9-11,14-15,18H2,(H,27,29). The van der Waals surface area contributed by atoms with Gasteiger partial charge in [0.25, 0.3) is 0 Å². The van der Waals surface area contributed by atoms with E-state index < -0.39 is 0 Å². The van der Waals surface area contributed by atoms with Gasteiger partial charge in [-0.1, -0.05) is 12.1 Å². The molecule has 0 saturated carbocycles. The summed E-state index contributed by atoms with van der Waals surface area (Å²) in [5.74, 6) is 0.986. The highest BCUT2D eigenvalue weighted by atomic mass is 16.2. The largest absolute Gasteiger partial charge is 0.352 e. The van der Waals surface area contributed by atoms with Gasteiger partial charge in [-0.25, -0.2) is 0 Å². The van der Waals surface area contributed by atoms with Crippen molar-refractivity contribution in [1.29, 1.82) is 0 Å². The first-order valence-corrected chi connectivity index (χ1v) is 11.1. The molecule has 2 aromatic rings. The van der Waals surface area contributed by atoms with Gasteiger partial charge in [-0.05, 0) is 87.1 Å². The lowest BCUT2D eigenvalue weighted by molar-refractivity contribution is -0.126. The Morgan fingerprint density at radius 3 is 2.21 bits per heavy atom. The summed E-state index contributed by atoms with van der Waals surface area (Å²) in [6.07, 6.45) is 16.0. The van der Waals surface area contributed by atoms with Crippen molar-refractivity contribution < 1.29 is 4.79 Å². The molecule has 0 radical (unpaired) electrons. The van der Waals surface area contributed by atoms with E-state index in [1.54, 1.807) is 0 Å². The molecule has 4 rings (SSSR count). The summed E-state index contributed by atoms with van der Waals surface area (Å²) in [6.45, 7) is 2.21. The summed E-state index contributed by atoms with van der Waals surface area (Å²) in [7, 11) is 0. The van der Waals surface area contributed by atoms with Gasteiger partial charge in [0.1, 0.15) is 0 Å². The lowest BCUT2D eigenvalue weighted by Gasteiger charge is -2.27. The van der Waals surface area contributed by atoms with Crippen LogP contribution in [-0.2, 0) is 17.6 Å². The van der Waals surface area contributed by atoms with Crippen LogP contribution >= 0.6 is 0 Å². The summed E-state index contributed by atoms with van der Waals surface area (Å²) in [6, 6.07) is 8.60. The van der Waals surface area contributed by atoms with Crippen molar-refractivity contribution in [2.75, 3.05) is 13.1 Å². The van der Waals surface area contributed by atoms with Crippen molar-refractivity contribution in [2.45, 2.75) is 63.5 Å². The van der Waals surface area contributed by atoms with Crippen molar-refractivity contribution in [1.82, 2.24) is 20.2 Å². The molecule has 5 heteroatoms. The number of nitrogens with one attached hydrogen (secondary N) is 1. The molecule has 1 amide bonds. The molecule has 5 nitrogen and oxygen atoms in total. The molecule has 2 bridgehead atoms. The van der Waals surface area contributed by atoms with Crippen LogP contribution in [0.15, 0.2) is 49.1 Å². The zero-order valence-corrected chi connectivity index (χ0v) is 17.2. The van der Waals surface area contributed by atoms with Gasteiger partial charge in [-0.15, -0.1) is 0 Å². The van der Waals surface area contributed by atoms with Crippen LogP contribution in [0, 0.1) is 5.92 Å². The fourth-order valence-corrected chi connectivity index (χ4v) is 4.86. The number of carbonyl (C=O) groups is 1. The normalized spacial score (nSPS) is 22.9. The zero-order chi connectivity index (χ0) is 19.9. The average molecular weight is 393 g/mol. The Morgan fingerprint density at radius 2 is 1.72 bits per heavy atom. The first-order valence-electron chi connectivity index (χ1n) is 11.1. The molecular weight excluding hydrogens is 360 g/mol. The number of piperidine rings is 1. The number of aromatic nitrogens is 2. The predicted octanol–water partition coefficient (Wildman–Crippen LogP) is 3.40. The molecule has 0 spiro atoms. The molecule has 154 valence electrons. The third kappa shape index (κ3) is 5.63. The summed E-state index contributed by atoms with van der Waals surface area (Å²) < 4.78 is 0. The Kier molecular flexibility index (Phi) is 6.88. The Hall–Kier alpha value is -2.27. The van der Waals surface area contributed by atoms with Gasteiger partial charge in [0.05, 0.1) is 6.04 Å². The Bertz CT molecular complexity index is 721. The minimum atomic E-state index is 0.105. The van der Waals surface area contributed by atoms with Gasteiger partial charge < -0.3 is 5.32 Å². The van der Waals surface area contributed by atoms with Gasteiger partial charge in [-0.2, -0.15) is 0 Å². The molecule has 1 N–H and O–H groups in total. The monoisotopic (exact) mass is 392 g/mol. The zero-order valence-electron chi connectivity index (χ0n) is 17.2. The fourth-order valence-electron chi connectivity index (χ4n) is 4.86. The highest BCUT2D eigenvalue weighted by molar-refractivity contribution is 5.82. The van der Waals surface area contributed by atoms with Crippen LogP contribution in [0.4, 0.5) is 0 Å². The second kappa shape index (κ2) is 9.97. The Morgan fingerprint density at radius 1 is 1.07 bits per heavy atom. The molecule has 2 aliphatic rings. The molecule has 29 heavy (non-hydrogen) atoms. The van der Waals surface area contributed by atoms with Crippen molar-refractivity contribution in [3.05, 3.63) is 60.2 Å². The van der Waals surface area contributed by atoms with E-state index in [0.29, 0.717) is 0 Å². The summed E-state index contributed by atoms with van der Waals surface area (Å²) in [5.41, 5.74) is 2.54. The number of aryl methyl sites for hydroxylation is 2. The first kappa shape index (κ1) is 20.0. The number of pyridine rings is 2. The average Bonchev–Trinajstić information content (AvgIpc) is 3.39. The van der Waals surface area contributed by atoms with Crippen molar-refractivity contribution in [3.63, 3.8) is 0 Å². The number of hydrogen-bond acceptors (Lipinski definition) is 4. The van der Waals surface area contributed by atoms with E-state index in [0.717, 1.165) is 64.0 Å². The topological polar surface area (TPSA) is 58.1 Å². The quantitative estimate of drug-likeness (QED) is 0.673. The van der Waals surface area contributed by atoms with E-state index in [4.69, 9.17) is 0 Å². The van der Waals surface area contributed by atoms with Gasteiger partial charge >= 0.3 is 0 Å². The SMILES string of the molecule is O=C(NC(CCCc1cccnc1)CCCc1cccnc1)C1CC2CCN1C2. The molecule has 0 aliphatic carbocycles.